The summed E-state index contributed by atoms with van der Waals surface area (Å²) in [5.41, 5.74) is 1.48. The van der Waals surface area contributed by atoms with Crippen LogP contribution in [0.15, 0.2) is 23.8 Å². The second kappa shape index (κ2) is 10.3. The summed E-state index contributed by atoms with van der Waals surface area (Å²) in [5, 5.41) is 0. The predicted molar refractivity (Wildman–Crippen MR) is 87.4 cm³/mol. The minimum absolute atomic E-state index is 1.02. The third-order valence-corrected chi connectivity index (χ3v) is 4.51. The van der Waals surface area contributed by atoms with Crippen LogP contribution >= 0.6 is 0 Å². The smallest absolute Gasteiger partial charge is 0.0320 e. The summed E-state index contributed by atoms with van der Waals surface area (Å²) >= 11 is 0. The average Bonchev–Trinajstić information content (AvgIpc) is 3.08. The molecule has 0 aromatic rings. The highest BCUT2D eigenvalue weighted by Crippen LogP contribution is 2.28. The first-order valence-electron chi connectivity index (χ1n) is 8.47. The molecule has 19 heavy (non-hydrogen) atoms. The van der Waals surface area contributed by atoms with Crippen molar-refractivity contribution in [2.45, 2.75) is 85.0 Å². The van der Waals surface area contributed by atoms with E-state index in [9.17, 15) is 0 Å². The zero-order valence-electron chi connectivity index (χ0n) is 13.5. The van der Waals surface area contributed by atoms with Crippen LogP contribution in [0.3, 0.4) is 0 Å². The number of rotatable bonds is 4. The van der Waals surface area contributed by atoms with Gasteiger partial charge in [-0.15, -0.1) is 0 Å². The first kappa shape index (κ1) is 16.5. The van der Waals surface area contributed by atoms with E-state index in [2.05, 4.69) is 39.0 Å². The van der Waals surface area contributed by atoms with Gasteiger partial charge in [0.25, 0.3) is 0 Å². The molecule has 0 radical (unpaired) electrons. The van der Waals surface area contributed by atoms with Gasteiger partial charge in [-0.1, -0.05) is 75.2 Å². The van der Waals surface area contributed by atoms with E-state index in [1.54, 1.807) is 0 Å². The Morgan fingerprint density at radius 3 is 1.74 bits per heavy atom. The van der Waals surface area contributed by atoms with E-state index in [0.717, 1.165) is 11.8 Å². The molecule has 0 heteroatoms. The number of hydrogen-bond donors (Lipinski definition) is 0. The van der Waals surface area contributed by atoms with Crippen molar-refractivity contribution in [2.75, 3.05) is 0 Å². The molecule has 110 valence electrons. The van der Waals surface area contributed by atoms with Crippen LogP contribution in [-0.4, -0.2) is 0 Å². The number of allylic oxidation sites excluding steroid dienone is 4. The molecule has 0 aromatic carbocycles. The fourth-order valence-electron chi connectivity index (χ4n) is 3.22. The van der Waals surface area contributed by atoms with Crippen LogP contribution in [0.25, 0.3) is 0 Å². The van der Waals surface area contributed by atoms with Crippen molar-refractivity contribution >= 4 is 0 Å². The molecular weight excluding hydrogens is 228 g/mol. The van der Waals surface area contributed by atoms with E-state index in [1.807, 2.05) is 0 Å². The van der Waals surface area contributed by atoms with Gasteiger partial charge in [0.1, 0.15) is 0 Å². The summed E-state index contributed by atoms with van der Waals surface area (Å²) in [6.07, 6.45) is 21.3. The summed E-state index contributed by atoms with van der Waals surface area (Å²) in [7, 11) is 0. The third kappa shape index (κ3) is 8.29. The number of hydrogen-bond acceptors (Lipinski definition) is 0. The Hall–Kier alpha value is -0.520. The Bertz CT molecular complexity index is 256. The van der Waals surface area contributed by atoms with Crippen LogP contribution in [-0.2, 0) is 0 Å². The van der Waals surface area contributed by atoms with E-state index in [-0.39, 0.29) is 0 Å². The highest BCUT2D eigenvalue weighted by molar-refractivity contribution is 4.94. The molecule has 0 amide bonds. The molecule has 0 aromatic heterocycles. The van der Waals surface area contributed by atoms with Gasteiger partial charge in [0.2, 0.25) is 0 Å². The Labute approximate surface area is 121 Å². The molecule has 2 aliphatic carbocycles. The van der Waals surface area contributed by atoms with Gasteiger partial charge in [-0.2, -0.15) is 0 Å². The van der Waals surface area contributed by atoms with Crippen molar-refractivity contribution in [3.8, 4) is 0 Å². The van der Waals surface area contributed by atoms with Crippen molar-refractivity contribution in [3.63, 3.8) is 0 Å². The van der Waals surface area contributed by atoms with Gasteiger partial charge in [0.05, 0.1) is 0 Å². The maximum atomic E-state index is 2.38. The fourth-order valence-corrected chi connectivity index (χ4v) is 3.22. The molecule has 0 N–H and O–H groups in total. The summed E-state index contributed by atoms with van der Waals surface area (Å²) in [4.78, 5) is 0. The normalized spacial score (nSPS) is 20.6. The molecule has 0 spiro atoms. The topological polar surface area (TPSA) is 0 Å². The Balaban J connectivity index is 0.000000191. The lowest BCUT2D eigenvalue weighted by molar-refractivity contribution is 0.556. The standard InChI is InChI=1S/C10H18.C9H16/c1-9(2)7-8-10-5-3-4-6-10;1-2-3-6-9-7-4-5-8-9/h7,10H,3-6,8H2,1-2H3;2-3,9H,4-8H2,1H3. The van der Waals surface area contributed by atoms with Gasteiger partial charge >= 0.3 is 0 Å². The van der Waals surface area contributed by atoms with Crippen molar-refractivity contribution in [1.82, 2.24) is 0 Å². The van der Waals surface area contributed by atoms with Crippen LogP contribution in [0.1, 0.15) is 85.0 Å². The van der Waals surface area contributed by atoms with E-state index in [4.69, 9.17) is 0 Å². The average molecular weight is 262 g/mol. The molecule has 0 heterocycles. The molecule has 2 saturated carbocycles. The Morgan fingerprint density at radius 1 is 0.842 bits per heavy atom. The minimum Gasteiger partial charge on any atom is -0.0917 e. The molecule has 2 fully saturated rings. The van der Waals surface area contributed by atoms with Crippen LogP contribution in [0.2, 0.25) is 0 Å². The molecule has 0 nitrogen and oxygen atoms in total. The minimum atomic E-state index is 1.02. The van der Waals surface area contributed by atoms with Gasteiger partial charge in [-0.25, -0.2) is 0 Å². The van der Waals surface area contributed by atoms with Crippen LogP contribution < -0.4 is 0 Å². The van der Waals surface area contributed by atoms with Crippen LogP contribution in [0.5, 0.6) is 0 Å². The quantitative estimate of drug-likeness (QED) is 0.496. The Morgan fingerprint density at radius 2 is 1.32 bits per heavy atom. The first-order chi connectivity index (χ1) is 9.22. The largest absolute Gasteiger partial charge is 0.0917 e. The van der Waals surface area contributed by atoms with Crippen molar-refractivity contribution in [2.24, 2.45) is 11.8 Å². The molecule has 0 atom stereocenters. The zero-order valence-corrected chi connectivity index (χ0v) is 13.5. The highest BCUT2D eigenvalue weighted by Gasteiger charge is 2.13. The first-order valence-corrected chi connectivity index (χ1v) is 8.47. The maximum absolute atomic E-state index is 2.38. The lowest BCUT2D eigenvalue weighted by Crippen LogP contribution is -1.89. The summed E-state index contributed by atoms with van der Waals surface area (Å²) < 4.78 is 0. The molecular formula is C19H34. The molecule has 2 rings (SSSR count). The molecule has 0 bridgehead atoms. The third-order valence-electron chi connectivity index (χ3n) is 4.51. The van der Waals surface area contributed by atoms with Gasteiger partial charge in [-0.3, -0.25) is 0 Å². The monoisotopic (exact) mass is 262 g/mol. The second-order valence-corrected chi connectivity index (χ2v) is 6.62. The van der Waals surface area contributed by atoms with E-state index in [1.165, 1.54) is 69.8 Å². The second-order valence-electron chi connectivity index (χ2n) is 6.62. The van der Waals surface area contributed by atoms with Gasteiger partial charge < -0.3 is 0 Å². The Kier molecular flexibility index (Phi) is 8.95. The summed E-state index contributed by atoms with van der Waals surface area (Å²) in [5.74, 6) is 2.05. The fraction of sp³-hybridized carbons (Fsp3) is 0.789. The van der Waals surface area contributed by atoms with Crippen molar-refractivity contribution < 1.29 is 0 Å². The maximum Gasteiger partial charge on any atom is -0.0320 e. The molecule has 0 aliphatic heterocycles. The zero-order chi connectivity index (χ0) is 13.9. The molecule has 0 saturated heterocycles. The van der Waals surface area contributed by atoms with Crippen molar-refractivity contribution in [3.05, 3.63) is 23.8 Å². The van der Waals surface area contributed by atoms with E-state index < -0.39 is 0 Å². The summed E-state index contributed by atoms with van der Waals surface area (Å²) in [6.45, 7) is 6.48. The van der Waals surface area contributed by atoms with E-state index in [0.29, 0.717) is 0 Å². The lowest BCUT2D eigenvalue weighted by atomic mass is 10.0. The summed E-state index contributed by atoms with van der Waals surface area (Å²) in [6, 6.07) is 0. The van der Waals surface area contributed by atoms with E-state index >= 15 is 0 Å². The van der Waals surface area contributed by atoms with Crippen LogP contribution in [0, 0.1) is 11.8 Å². The predicted octanol–water partition coefficient (Wildman–Crippen LogP) is 6.68. The SMILES string of the molecule is CC(C)=CCC1CCCC1.CC=CCC1CCCC1. The molecule has 2 aliphatic rings. The van der Waals surface area contributed by atoms with Gasteiger partial charge in [-0.05, 0) is 45.4 Å². The highest BCUT2D eigenvalue weighted by atomic mass is 14.2. The molecule has 0 unspecified atom stereocenters. The van der Waals surface area contributed by atoms with Crippen LogP contribution in [0.4, 0.5) is 0 Å². The van der Waals surface area contributed by atoms with Gasteiger partial charge in [0, 0.05) is 0 Å². The lowest BCUT2D eigenvalue weighted by Gasteiger charge is -2.03. The van der Waals surface area contributed by atoms with Gasteiger partial charge in [0.15, 0.2) is 0 Å². The van der Waals surface area contributed by atoms with Crippen molar-refractivity contribution in [1.29, 1.82) is 0 Å².